The van der Waals surface area contributed by atoms with Gasteiger partial charge >= 0.3 is 0 Å². The van der Waals surface area contributed by atoms with E-state index in [1.807, 2.05) is 19.9 Å². The van der Waals surface area contributed by atoms with Gasteiger partial charge in [-0.25, -0.2) is 5.84 Å². The Bertz CT molecular complexity index is 277. The maximum absolute atomic E-state index is 6.03. The van der Waals surface area contributed by atoms with Crippen LogP contribution in [-0.2, 0) is 0 Å². The minimum atomic E-state index is 0.258. The molecular weight excluding hydrogens is 186 g/mol. The average molecular weight is 209 g/mol. The van der Waals surface area contributed by atoms with Crippen LogP contribution in [0.25, 0.3) is 0 Å². The van der Waals surface area contributed by atoms with Crippen molar-refractivity contribution in [2.75, 3.05) is 0 Å². The van der Waals surface area contributed by atoms with Crippen molar-refractivity contribution in [3.05, 3.63) is 35.7 Å². The van der Waals surface area contributed by atoms with Crippen molar-refractivity contribution in [3.8, 4) is 0 Å². The van der Waals surface area contributed by atoms with Crippen LogP contribution in [0.4, 0.5) is 0 Å². The first kappa shape index (κ1) is 13.8. The van der Waals surface area contributed by atoms with E-state index in [0.717, 1.165) is 17.7 Å². The summed E-state index contributed by atoms with van der Waals surface area (Å²) < 4.78 is 0. The Kier molecular flexibility index (Phi) is 5.79. The van der Waals surface area contributed by atoms with Gasteiger partial charge in [0.1, 0.15) is 0 Å². The van der Waals surface area contributed by atoms with Crippen LogP contribution in [0.3, 0.4) is 0 Å². The first-order valence-electron chi connectivity index (χ1n) is 5.28. The molecule has 0 bridgehead atoms. The molecule has 0 heterocycles. The summed E-state index contributed by atoms with van der Waals surface area (Å²) in [7, 11) is 0. The quantitative estimate of drug-likeness (QED) is 0.415. The lowest BCUT2D eigenvalue weighted by atomic mass is 10.1. The van der Waals surface area contributed by atoms with Crippen molar-refractivity contribution in [1.82, 2.24) is 5.01 Å². The molecule has 3 nitrogen and oxygen atoms in total. The molecule has 0 amide bonds. The van der Waals surface area contributed by atoms with Crippen molar-refractivity contribution in [2.24, 2.45) is 11.6 Å². The van der Waals surface area contributed by atoms with Gasteiger partial charge in [-0.15, -0.1) is 0 Å². The van der Waals surface area contributed by atoms with Crippen LogP contribution in [0, 0.1) is 0 Å². The lowest BCUT2D eigenvalue weighted by molar-refractivity contribution is 0.272. The minimum absolute atomic E-state index is 0.258. The molecule has 86 valence electrons. The van der Waals surface area contributed by atoms with E-state index in [1.54, 1.807) is 11.1 Å². The fourth-order valence-corrected chi connectivity index (χ4v) is 1.23. The minimum Gasteiger partial charge on any atom is -0.397 e. The number of rotatable bonds is 5. The van der Waals surface area contributed by atoms with Crippen LogP contribution in [0.2, 0.25) is 0 Å². The molecule has 0 fully saturated rings. The number of hydrogen-bond donors (Lipinski definition) is 2. The van der Waals surface area contributed by atoms with Gasteiger partial charge in [-0.3, -0.25) is 0 Å². The monoisotopic (exact) mass is 209 g/mol. The van der Waals surface area contributed by atoms with E-state index in [9.17, 15) is 0 Å². The van der Waals surface area contributed by atoms with Gasteiger partial charge in [-0.1, -0.05) is 19.6 Å². The fraction of sp³-hybridized carbons (Fsp3) is 0.500. The highest BCUT2D eigenvalue weighted by Gasteiger charge is 2.14. The van der Waals surface area contributed by atoms with Crippen molar-refractivity contribution in [3.63, 3.8) is 0 Å². The van der Waals surface area contributed by atoms with Gasteiger partial charge in [0.15, 0.2) is 0 Å². The second-order valence-electron chi connectivity index (χ2n) is 3.64. The van der Waals surface area contributed by atoms with Crippen LogP contribution >= 0.6 is 0 Å². The Morgan fingerprint density at radius 1 is 1.53 bits per heavy atom. The fourth-order valence-electron chi connectivity index (χ4n) is 1.23. The lowest BCUT2D eigenvalue weighted by Gasteiger charge is -2.29. The number of nitrogens with two attached hydrogens (primary N) is 2. The SMILES string of the molecule is C=CC(N)=C(C(C)=CC)N(N)C(C)CC. The molecule has 0 saturated heterocycles. The van der Waals surface area contributed by atoms with Gasteiger partial charge < -0.3 is 10.7 Å². The van der Waals surface area contributed by atoms with E-state index in [0.29, 0.717) is 5.70 Å². The van der Waals surface area contributed by atoms with Gasteiger partial charge in [0, 0.05) is 6.04 Å². The molecule has 0 spiro atoms. The molecule has 0 rings (SSSR count). The molecule has 4 N–H and O–H groups in total. The van der Waals surface area contributed by atoms with E-state index in [1.165, 1.54) is 0 Å². The van der Waals surface area contributed by atoms with Crippen molar-refractivity contribution in [1.29, 1.82) is 0 Å². The summed E-state index contributed by atoms with van der Waals surface area (Å²) in [6.45, 7) is 11.8. The van der Waals surface area contributed by atoms with Gasteiger partial charge in [-0.05, 0) is 38.8 Å². The number of allylic oxidation sites excluding steroid dienone is 3. The number of hydrazine groups is 1. The van der Waals surface area contributed by atoms with Gasteiger partial charge in [0.25, 0.3) is 0 Å². The third-order valence-electron chi connectivity index (χ3n) is 2.62. The van der Waals surface area contributed by atoms with E-state index < -0.39 is 0 Å². The Morgan fingerprint density at radius 2 is 2.07 bits per heavy atom. The molecule has 1 atom stereocenters. The van der Waals surface area contributed by atoms with Crippen LogP contribution in [-0.4, -0.2) is 11.1 Å². The Hall–Kier alpha value is -1.22. The van der Waals surface area contributed by atoms with Crippen molar-refractivity contribution < 1.29 is 0 Å². The molecule has 0 aliphatic rings. The normalized spacial score (nSPS) is 15.7. The molecular formula is C12H23N3. The van der Waals surface area contributed by atoms with Gasteiger partial charge in [0.05, 0.1) is 11.4 Å². The first-order chi connectivity index (χ1) is 6.99. The highest BCUT2D eigenvalue weighted by molar-refractivity contribution is 5.35. The van der Waals surface area contributed by atoms with Gasteiger partial charge in [-0.2, -0.15) is 0 Å². The number of nitrogens with zero attached hydrogens (tertiary/aromatic N) is 1. The Morgan fingerprint density at radius 3 is 2.40 bits per heavy atom. The molecule has 0 aromatic carbocycles. The van der Waals surface area contributed by atoms with E-state index in [-0.39, 0.29) is 6.04 Å². The molecule has 0 saturated carbocycles. The van der Waals surface area contributed by atoms with E-state index in [2.05, 4.69) is 20.4 Å². The van der Waals surface area contributed by atoms with Gasteiger partial charge in [0.2, 0.25) is 0 Å². The third-order valence-corrected chi connectivity index (χ3v) is 2.62. The average Bonchev–Trinajstić information content (AvgIpc) is 2.27. The maximum Gasteiger partial charge on any atom is 0.0775 e. The van der Waals surface area contributed by atoms with Crippen LogP contribution < -0.4 is 11.6 Å². The summed E-state index contributed by atoms with van der Waals surface area (Å²) >= 11 is 0. The highest BCUT2D eigenvalue weighted by Crippen LogP contribution is 2.18. The second kappa shape index (κ2) is 6.30. The number of hydrogen-bond acceptors (Lipinski definition) is 3. The summed E-state index contributed by atoms with van der Waals surface area (Å²) in [6, 6.07) is 0.258. The maximum atomic E-state index is 6.03. The molecule has 15 heavy (non-hydrogen) atoms. The predicted octanol–water partition coefficient (Wildman–Crippen LogP) is 2.28. The summed E-state index contributed by atoms with van der Waals surface area (Å²) in [5.74, 6) is 6.03. The molecule has 3 heteroatoms. The standard InChI is InChI=1S/C12H23N3/c1-6-9(4)12(11(13)8-3)15(14)10(5)7-2/h6,8,10H,3,7,13-14H2,1-2,4-5H3. The summed E-state index contributed by atoms with van der Waals surface area (Å²) in [5.41, 5.74) is 8.43. The molecule has 0 aliphatic heterocycles. The largest absolute Gasteiger partial charge is 0.397 e. The van der Waals surface area contributed by atoms with E-state index in [4.69, 9.17) is 11.6 Å². The zero-order valence-electron chi connectivity index (χ0n) is 10.2. The van der Waals surface area contributed by atoms with Crippen molar-refractivity contribution >= 4 is 0 Å². The Balaban J connectivity index is 5.23. The van der Waals surface area contributed by atoms with Crippen LogP contribution in [0.5, 0.6) is 0 Å². The summed E-state index contributed by atoms with van der Waals surface area (Å²) in [6.07, 6.45) is 4.60. The van der Waals surface area contributed by atoms with Crippen LogP contribution in [0.15, 0.2) is 35.7 Å². The third kappa shape index (κ3) is 3.44. The van der Waals surface area contributed by atoms with Crippen LogP contribution in [0.1, 0.15) is 34.1 Å². The van der Waals surface area contributed by atoms with Crippen molar-refractivity contribution in [2.45, 2.75) is 40.2 Å². The molecule has 0 radical (unpaired) electrons. The zero-order chi connectivity index (χ0) is 12.0. The predicted molar refractivity (Wildman–Crippen MR) is 66.6 cm³/mol. The topological polar surface area (TPSA) is 55.3 Å². The lowest BCUT2D eigenvalue weighted by Crippen LogP contribution is -2.39. The first-order valence-corrected chi connectivity index (χ1v) is 5.28. The van der Waals surface area contributed by atoms with E-state index >= 15 is 0 Å². The molecule has 0 aromatic rings. The highest BCUT2D eigenvalue weighted by atomic mass is 15.4. The molecule has 1 unspecified atom stereocenters. The smallest absolute Gasteiger partial charge is 0.0775 e. The summed E-state index contributed by atoms with van der Waals surface area (Å²) in [4.78, 5) is 0. The summed E-state index contributed by atoms with van der Waals surface area (Å²) in [5, 5.41) is 1.71. The molecule has 0 aliphatic carbocycles. The molecule has 0 aromatic heterocycles. The Labute approximate surface area is 93.1 Å². The second-order valence-corrected chi connectivity index (χ2v) is 3.64. The zero-order valence-corrected chi connectivity index (χ0v) is 10.2.